The molecule has 18 heavy (non-hydrogen) atoms. The number of rotatable bonds is 3. The maximum absolute atomic E-state index is 5.33. The van der Waals surface area contributed by atoms with Crippen LogP contribution in [0.1, 0.15) is 28.8 Å². The van der Waals surface area contributed by atoms with Crippen molar-refractivity contribution >= 4 is 0 Å². The minimum Gasteiger partial charge on any atom is -0.377 e. The number of fused-ring (bicyclic) bond motifs is 1. The number of benzene rings is 1. The molecule has 94 valence electrons. The van der Waals surface area contributed by atoms with Crippen LogP contribution in [0.15, 0.2) is 28.8 Å². The highest BCUT2D eigenvalue weighted by Crippen LogP contribution is 2.28. The Morgan fingerprint density at radius 1 is 1.44 bits per heavy atom. The topological polar surface area (TPSA) is 60.2 Å². The molecule has 1 aliphatic heterocycles. The lowest BCUT2D eigenvalue weighted by molar-refractivity contribution is 0.174. The SMILES string of the molecule is COCc1noc(C2CNCc3ccccc32)n1. The van der Waals surface area contributed by atoms with Crippen molar-refractivity contribution in [2.45, 2.75) is 19.1 Å². The minimum atomic E-state index is 0.132. The molecule has 1 unspecified atom stereocenters. The third kappa shape index (κ3) is 2.02. The summed E-state index contributed by atoms with van der Waals surface area (Å²) in [4.78, 5) is 4.38. The Morgan fingerprint density at radius 2 is 2.33 bits per heavy atom. The Bertz CT molecular complexity index is 539. The van der Waals surface area contributed by atoms with Gasteiger partial charge in [-0.15, -0.1) is 0 Å². The minimum absolute atomic E-state index is 0.132. The Hall–Kier alpha value is -1.72. The molecule has 0 fully saturated rings. The molecule has 1 aromatic carbocycles. The second kappa shape index (κ2) is 4.88. The zero-order chi connectivity index (χ0) is 12.4. The molecule has 0 amide bonds. The number of methoxy groups -OCH3 is 1. The summed E-state index contributed by atoms with van der Waals surface area (Å²) < 4.78 is 10.3. The van der Waals surface area contributed by atoms with E-state index in [1.54, 1.807) is 7.11 Å². The van der Waals surface area contributed by atoms with Gasteiger partial charge in [0.15, 0.2) is 5.82 Å². The Kier molecular flexibility index (Phi) is 3.08. The zero-order valence-electron chi connectivity index (χ0n) is 10.2. The third-order valence-corrected chi connectivity index (χ3v) is 3.15. The Morgan fingerprint density at radius 3 is 3.22 bits per heavy atom. The summed E-state index contributed by atoms with van der Waals surface area (Å²) in [6.07, 6.45) is 0. The first-order valence-electron chi connectivity index (χ1n) is 5.98. The summed E-state index contributed by atoms with van der Waals surface area (Å²) in [6.45, 7) is 2.10. The monoisotopic (exact) mass is 245 g/mol. The van der Waals surface area contributed by atoms with Crippen LogP contribution in [0.2, 0.25) is 0 Å². The van der Waals surface area contributed by atoms with E-state index in [4.69, 9.17) is 9.26 Å². The molecule has 2 aromatic rings. The number of aromatic nitrogens is 2. The van der Waals surface area contributed by atoms with Gasteiger partial charge in [-0.25, -0.2) is 0 Å². The van der Waals surface area contributed by atoms with Crippen molar-refractivity contribution in [2.24, 2.45) is 0 Å². The molecule has 2 heterocycles. The molecule has 0 aliphatic carbocycles. The van der Waals surface area contributed by atoms with Crippen LogP contribution in [0, 0.1) is 0 Å². The first-order chi connectivity index (χ1) is 8.88. The van der Waals surface area contributed by atoms with Crippen LogP contribution >= 0.6 is 0 Å². The van der Waals surface area contributed by atoms with Gasteiger partial charge in [-0.05, 0) is 11.1 Å². The van der Waals surface area contributed by atoms with Gasteiger partial charge in [0.05, 0.1) is 5.92 Å². The molecule has 0 saturated carbocycles. The zero-order valence-corrected chi connectivity index (χ0v) is 10.2. The second-order valence-electron chi connectivity index (χ2n) is 4.36. The lowest BCUT2D eigenvalue weighted by Crippen LogP contribution is -2.28. The van der Waals surface area contributed by atoms with Crippen LogP contribution in [0.3, 0.4) is 0 Å². The van der Waals surface area contributed by atoms with Crippen molar-refractivity contribution in [2.75, 3.05) is 13.7 Å². The van der Waals surface area contributed by atoms with Gasteiger partial charge in [-0.3, -0.25) is 0 Å². The van der Waals surface area contributed by atoms with Crippen molar-refractivity contribution in [3.05, 3.63) is 47.1 Å². The highest BCUT2D eigenvalue weighted by atomic mass is 16.5. The van der Waals surface area contributed by atoms with E-state index < -0.39 is 0 Å². The van der Waals surface area contributed by atoms with Crippen LogP contribution < -0.4 is 5.32 Å². The summed E-state index contributed by atoms with van der Waals surface area (Å²) in [5.41, 5.74) is 2.56. The molecule has 1 aromatic heterocycles. The summed E-state index contributed by atoms with van der Waals surface area (Å²) in [6, 6.07) is 8.35. The number of hydrogen-bond acceptors (Lipinski definition) is 5. The molecule has 5 nitrogen and oxygen atoms in total. The molecule has 0 spiro atoms. The van der Waals surface area contributed by atoms with E-state index >= 15 is 0 Å². The van der Waals surface area contributed by atoms with Crippen molar-refractivity contribution in [1.29, 1.82) is 0 Å². The van der Waals surface area contributed by atoms with Gasteiger partial charge in [0, 0.05) is 20.2 Å². The largest absolute Gasteiger partial charge is 0.377 e. The molecule has 1 N–H and O–H groups in total. The highest BCUT2D eigenvalue weighted by molar-refractivity contribution is 5.35. The van der Waals surface area contributed by atoms with Gasteiger partial charge in [0.25, 0.3) is 0 Å². The predicted molar refractivity (Wildman–Crippen MR) is 65.0 cm³/mol. The van der Waals surface area contributed by atoms with E-state index in [1.807, 2.05) is 12.1 Å². The summed E-state index contributed by atoms with van der Waals surface area (Å²) >= 11 is 0. The average molecular weight is 245 g/mol. The smallest absolute Gasteiger partial charge is 0.235 e. The molecule has 0 saturated heterocycles. The molecule has 1 atom stereocenters. The van der Waals surface area contributed by atoms with E-state index in [0.717, 1.165) is 13.1 Å². The van der Waals surface area contributed by atoms with E-state index in [-0.39, 0.29) is 5.92 Å². The summed E-state index contributed by atoms with van der Waals surface area (Å²) in [5.74, 6) is 1.38. The van der Waals surface area contributed by atoms with E-state index in [9.17, 15) is 0 Å². The number of ether oxygens (including phenoxy) is 1. The quantitative estimate of drug-likeness (QED) is 0.887. The van der Waals surface area contributed by atoms with Gasteiger partial charge in [-0.2, -0.15) is 4.98 Å². The van der Waals surface area contributed by atoms with Crippen LogP contribution in [0.5, 0.6) is 0 Å². The average Bonchev–Trinajstić information content (AvgIpc) is 2.87. The number of nitrogens with one attached hydrogen (secondary N) is 1. The first kappa shape index (κ1) is 11.4. The maximum atomic E-state index is 5.33. The summed E-state index contributed by atoms with van der Waals surface area (Å²) in [5, 5.41) is 7.29. The highest BCUT2D eigenvalue weighted by Gasteiger charge is 2.26. The van der Waals surface area contributed by atoms with Crippen molar-refractivity contribution in [3.63, 3.8) is 0 Å². The summed E-state index contributed by atoms with van der Waals surface area (Å²) in [7, 11) is 1.62. The molecule has 3 rings (SSSR count). The van der Waals surface area contributed by atoms with Crippen molar-refractivity contribution in [1.82, 2.24) is 15.5 Å². The van der Waals surface area contributed by atoms with Gasteiger partial charge in [-0.1, -0.05) is 29.4 Å². The van der Waals surface area contributed by atoms with Crippen LogP contribution in [0.4, 0.5) is 0 Å². The molecule has 0 bridgehead atoms. The van der Waals surface area contributed by atoms with Crippen LogP contribution in [-0.2, 0) is 17.9 Å². The Labute approximate surface area is 105 Å². The fourth-order valence-electron chi connectivity index (χ4n) is 2.31. The fraction of sp³-hybridized carbons (Fsp3) is 0.385. The fourth-order valence-corrected chi connectivity index (χ4v) is 2.31. The normalized spacial score (nSPS) is 18.6. The Balaban J connectivity index is 1.92. The first-order valence-corrected chi connectivity index (χ1v) is 5.98. The predicted octanol–water partition coefficient (Wildman–Crippen LogP) is 1.45. The third-order valence-electron chi connectivity index (χ3n) is 3.15. The van der Waals surface area contributed by atoms with Gasteiger partial charge < -0.3 is 14.6 Å². The van der Waals surface area contributed by atoms with E-state index in [0.29, 0.717) is 18.3 Å². The van der Waals surface area contributed by atoms with Gasteiger partial charge >= 0.3 is 0 Å². The standard InChI is InChI=1S/C13H15N3O2/c1-17-8-12-15-13(18-16-12)11-7-14-6-9-4-2-3-5-10(9)11/h2-5,11,14H,6-8H2,1H3. The van der Waals surface area contributed by atoms with Crippen LogP contribution in [-0.4, -0.2) is 23.8 Å². The van der Waals surface area contributed by atoms with Gasteiger partial charge in [0.1, 0.15) is 6.61 Å². The molecule has 0 radical (unpaired) electrons. The van der Waals surface area contributed by atoms with Crippen LogP contribution in [0.25, 0.3) is 0 Å². The maximum Gasteiger partial charge on any atom is 0.235 e. The lowest BCUT2D eigenvalue weighted by atomic mass is 9.91. The van der Waals surface area contributed by atoms with Crippen molar-refractivity contribution < 1.29 is 9.26 Å². The van der Waals surface area contributed by atoms with Gasteiger partial charge in [0.2, 0.25) is 5.89 Å². The molecule has 1 aliphatic rings. The van der Waals surface area contributed by atoms with Crippen molar-refractivity contribution in [3.8, 4) is 0 Å². The molecular weight excluding hydrogens is 230 g/mol. The van der Waals surface area contributed by atoms with E-state index in [1.165, 1.54) is 11.1 Å². The number of nitrogens with zero attached hydrogens (tertiary/aromatic N) is 2. The number of hydrogen-bond donors (Lipinski definition) is 1. The second-order valence-corrected chi connectivity index (χ2v) is 4.36. The van der Waals surface area contributed by atoms with E-state index in [2.05, 4.69) is 27.6 Å². The molecule has 5 heteroatoms. The lowest BCUT2D eigenvalue weighted by Gasteiger charge is -2.23. The molecular formula is C13H15N3O2.